The zero-order valence-corrected chi connectivity index (χ0v) is 9.83. The van der Waals surface area contributed by atoms with Crippen molar-refractivity contribution in [2.45, 2.75) is 26.2 Å². The number of Topliss-reactive ketones (excluding diaryl/α,β-unsaturated/α-hetero) is 1. The molecule has 0 aromatic heterocycles. The number of carbonyl (C=O) groups is 1. The molecule has 1 N–H and O–H groups in total. The van der Waals surface area contributed by atoms with Crippen LogP contribution in [-0.2, 0) is 4.79 Å². The maximum absolute atomic E-state index is 11.1. The molecular weight excluding hydrogens is 198 g/mol. The highest BCUT2D eigenvalue weighted by Gasteiger charge is 2.18. The average molecular weight is 217 g/mol. The second kappa shape index (κ2) is 5.26. The van der Waals surface area contributed by atoms with Crippen LogP contribution in [0.1, 0.15) is 26.2 Å². The van der Waals surface area contributed by atoms with Crippen molar-refractivity contribution in [2.75, 3.05) is 13.1 Å². The highest BCUT2D eigenvalue weighted by atomic mass is 16.1. The minimum Gasteiger partial charge on any atom is -0.317 e. The van der Waals surface area contributed by atoms with E-state index >= 15 is 0 Å². The molecule has 3 rings (SSSR count). The molecule has 2 nitrogen and oxygen atoms in total. The first-order chi connectivity index (χ1) is 7.81. The van der Waals surface area contributed by atoms with Crippen LogP contribution in [0.5, 0.6) is 0 Å². The van der Waals surface area contributed by atoms with E-state index in [9.17, 15) is 4.79 Å². The van der Waals surface area contributed by atoms with Gasteiger partial charge in [0.05, 0.1) is 0 Å². The Morgan fingerprint density at radius 1 is 1.19 bits per heavy atom. The number of hydrogen-bond donors (Lipinski definition) is 1. The van der Waals surface area contributed by atoms with Crippen LogP contribution in [0.2, 0.25) is 0 Å². The maximum atomic E-state index is 11.1. The third-order valence-electron chi connectivity index (χ3n) is 3.36. The number of hydrogen-bond acceptors (Lipinski definition) is 2. The van der Waals surface area contributed by atoms with Gasteiger partial charge in [0.15, 0.2) is 0 Å². The molecule has 0 amide bonds. The number of carbonyl (C=O) groups excluding carboxylic acids is 1. The quantitative estimate of drug-likeness (QED) is 0.838. The van der Waals surface area contributed by atoms with Gasteiger partial charge in [-0.15, -0.1) is 0 Å². The monoisotopic (exact) mass is 217 g/mol. The normalized spacial score (nSPS) is 17.3. The summed E-state index contributed by atoms with van der Waals surface area (Å²) in [7, 11) is 0. The summed E-state index contributed by atoms with van der Waals surface area (Å²) in [5, 5.41) is 3.24. The lowest BCUT2D eigenvalue weighted by atomic mass is 9.92. The lowest BCUT2D eigenvalue weighted by molar-refractivity contribution is -0.123. The Hall–Kier alpha value is -1.15. The van der Waals surface area contributed by atoms with Crippen molar-refractivity contribution >= 4 is 5.78 Å². The van der Waals surface area contributed by atoms with E-state index in [0.29, 0.717) is 18.1 Å². The van der Waals surface area contributed by atoms with Gasteiger partial charge in [0, 0.05) is 12.3 Å². The van der Waals surface area contributed by atoms with E-state index in [-0.39, 0.29) is 0 Å². The van der Waals surface area contributed by atoms with Crippen LogP contribution in [0.15, 0.2) is 24.3 Å². The predicted molar refractivity (Wildman–Crippen MR) is 66.3 cm³/mol. The number of benzene rings is 1. The number of nitrogens with one attached hydrogen (secondary N) is 1. The van der Waals surface area contributed by atoms with Gasteiger partial charge in [-0.1, -0.05) is 31.2 Å². The third kappa shape index (κ3) is 2.50. The Morgan fingerprint density at radius 3 is 2.00 bits per heavy atom. The second-order valence-corrected chi connectivity index (χ2v) is 4.42. The molecule has 1 aliphatic heterocycles. The highest BCUT2D eigenvalue weighted by molar-refractivity contribution is 5.80. The standard InChI is InChI=1S/C8H15NO.C6H4/c1-2-8(10)7-3-5-9-6-4-7;1-2-6-4-3-5(1)6/h7,9H,2-6H2,1H3;1-4H. The molecule has 3 aliphatic rings. The zero-order chi connectivity index (χ0) is 11.4. The van der Waals surface area contributed by atoms with Gasteiger partial charge >= 0.3 is 0 Å². The molecule has 0 spiro atoms. The van der Waals surface area contributed by atoms with Gasteiger partial charge in [-0.2, -0.15) is 0 Å². The van der Waals surface area contributed by atoms with Gasteiger partial charge in [0.2, 0.25) is 0 Å². The van der Waals surface area contributed by atoms with E-state index in [0.717, 1.165) is 25.9 Å². The van der Waals surface area contributed by atoms with E-state index in [1.54, 1.807) is 0 Å². The first-order valence-electron chi connectivity index (χ1n) is 6.15. The lowest BCUT2D eigenvalue weighted by Crippen LogP contribution is -2.31. The summed E-state index contributed by atoms with van der Waals surface area (Å²) in [5.74, 6) is 0.813. The molecular formula is C14H19NO. The van der Waals surface area contributed by atoms with Crippen LogP contribution in [0.4, 0.5) is 0 Å². The number of rotatable bonds is 2. The van der Waals surface area contributed by atoms with E-state index in [4.69, 9.17) is 0 Å². The van der Waals surface area contributed by atoms with Crippen molar-refractivity contribution in [3.8, 4) is 11.1 Å². The zero-order valence-electron chi connectivity index (χ0n) is 9.83. The van der Waals surface area contributed by atoms with Gasteiger partial charge in [-0.05, 0) is 37.1 Å². The summed E-state index contributed by atoms with van der Waals surface area (Å²) in [6.45, 7) is 4.00. The molecule has 0 saturated carbocycles. The summed E-state index contributed by atoms with van der Waals surface area (Å²) in [4.78, 5) is 11.1. The van der Waals surface area contributed by atoms with Crippen LogP contribution >= 0.6 is 0 Å². The fourth-order valence-electron chi connectivity index (χ4n) is 2.10. The summed E-state index contributed by atoms with van der Waals surface area (Å²) in [6, 6.07) is 8.48. The summed E-state index contributed by atoms with van der Waals surface area (Å²) in [5.41, 5.74) is 2.85. The van der Waals surface area contributed by atoms with E-state index in [1.807, 2.05) is 6.92 Å². The SMILES string of the molecule is CCC(=O)C1CCNCC1.c1cc2ccc1-2. The Bertz CT molecular complexity index is 329. The molecule has 2 heteroatoms. The van der Waals surface area contributed by atoms with Crippen LogP contribution in [0.25, 0.3) is 11.1 Å². The van der Waals surface area contributed by atoms with Crippen molar-refractivity contribution in [1.82, 2.24) is 5.32 Å². The van der Waals surface area contributed by atoms with Gasteiger partial charge in [-0.3, -0.25) is 4.79 Å². The van der Waals surface area contributed by atoms with Gasteiger partial charge in [-0.25, -0.2) is 0 Å². The molecule has 1 fully saturated rings. The molecule has 0 aromatic carbocycles. The van der Waals surface area contributed by atoms with E-state index < -0.39 is 0 Å². The first-order valence-corrected chi connectivity index (χ1v) is 6.15. The summed E-state index contributed by atoms with van der Waals surface area (Å²) < 4.78 is 0. The molecule has 0 radical (unpaired) electrons. The fourth-order valence-corrected chi connectivity index (χ4v) is 2.10. The van der Waals surface area contributed by atoms with Crippen molar-refractivity contribution < 1.29 is 4.79 Å². The maximum Gasteiger partial charge on any atom is 0.135 e. The number of ketones is 1. The lowest BCUT2D eigenvalue weighted by Gasteiger charge is -2.20. The molecule has 86 valence electrons. The smallest absolute Gasteiger partial charge is 0.135 e. The van der Waals surface area contributed by atoms with Crippen LogP contribution < -0.4 is 5.32 Å². The van der Waals surface area contributed by atoms with Crippen LogP contribution in [0, 0.1) is 5.92 Å². The molecule has 0 bridgehead atoms. The Balaban J connectivity index is 0.000000134. The minimum absolute atomic E-state index is 0.367. The largest absolute Gasteiger partial charge is 0.317 e. The number of piperidine rings is 1. The highest BCUT2D eigenvalue weighted by Crippen LogP contribution is 2.29. The Kier molecular flexibility index (Phi) is 3.73. The molecule has 0 atom stereocenters. The van der Waals surface area contributed by atoms with Crippen molar-refractivity contribution in [1.29, 1.82) is 0 Å². The predicted octanol–water partition coefficient (Wildman–Crippen LogP) is 2.63. The van der Waals surface area contributed by atoms with Crippen LogP contribution in [0.3, 0.4) is 0 Å². The summed E-state index contributed by atoms with van der Waals surface area (Å²) in [6.07, 6.45) is 2.81. The molecule has 1 saturated heterocycles. The molecule has 16 heavy (non-hydrogen) atoms. The second-order valence-electron chi connectivity index (χ2n) is 4.42. The molecule has 0 unspecified atom stereocenters. The Labute approximate surface area is 97.1 Å². The Morgan fingerprint density at radius 2 is 1.69 bits per heavy atom. The van der Waals surface area contributed by atoms with E-state index in [2.05, 4.69) is 29.6 Å². The van der Waals surface area contributed by atoms with Crippen molar-refractivity contribution in [3.63, 3.8) is 0 Å². The third-order valence-corrected chi connectivity index (χ3v) is 3.36. The van der Waals surface area contributed by atoms with Crippen molar-refractivity contribution in [3.05, 3.63) is 24.3 Å². The van der Waals surface area contributed by atoms with Gasteiger partial charge in [0.25, 0.3) is 0 Å². The first kappa shape index (κ1) is 11.3. The molecule has 1 heterocycles. The molecule has 0 aromatic rings. The van der Waals surface area contributed by atoms with Crippen LogP contribution in [-0.4, -0.2) is 18.9 Å². The number of fused-ring (bicyclic) bond motifs is 1. The minimum atomic E-state index is 0.367. The van der Waals surface area contributed by atoms with Gasteiger partial charge in [0.1, 0.15) is 5.78 Å². The van der Waals surface area contributed by atoms with Gasteiger partial charge < -0.3 is 5.32 Å². The topological polar surface area (TPSA) is 29.1 Å². The van der Waals surface area contributed by atoms with Crippen molar-refractivity contribution in [2.24, 2.45) is 5.92 Å². The fraction of sp³-hybridized carbons (Fsp3) is 0.500. The molecule has 2 aliphatic carbocycles. The average Bonchev–Trinajstić information content (AvgIpc) is 2.34. The summed E-state index contributed by atoms with van der Waals surface area (Å²) >= 11 is 0. The van der Waals surface area contributed by atoms with E-state index in [1.165, 1.54) is 11.1 Å².